The van der Waals surface area contributed by atoms with Crippen LogP contribution in [0.3, 0.4) is 0 Å². The van der Waals surface area contributed by atoms with Gasteiger partial charge in [0.05, 0.1) is 5.41 Å². The predicted octanol–water partition coefficient (Wildman–Crippen LogP) is 1.79. The van der Waals surface area contributed by atoms with Crippen LogP contribution in [0.25, 0.3) is 0 Å². The normalized spacial score (nSPS) is 29.2. The first-order chi connectivity index (χ1) is 9.19. The molecule has 4 heteroatoms. The van der Waals surface area contributed by atoms with Gasteiger partial charge in [-0.05, 0) is 38.6 Å². The van der Waals surface area contributed by atoms with Gasteiger partial charge in [0.2, 0.25) is 5.91 Å². The minimum absolute atomic E-state index is 0.153. The second-order valence-corrected chi connectivity index (χ2v) is 6.07. The number of carbonyl (C=O) groups is 1. The summed E-state index contributed by atoms with van der Waals surface area (Å²) in [6, 6.07) is 0.372. The second kappa shape index (κ2) is 6.71. The highest BCUT2D eigenvalue weighted by Crippen LogP contribution is 2.34. The fourth-order valence-electron chi connectivity index (χ4n) is 3.56. The molecule has 2 heterocycles. The lowest BCUT2D eigenvalue weighted by molar-refractivity contribution is -0.146. The SMILES string of the molecule is CCCC1(C(=O)N(C)C2CCOCC2)CCCNC1. The monoisotopic (exact) mass is 268 g/mol. The molecular formula is C15H28N2O2. The molecule has 0 saturated carbocycles. The van der Waals surface area contributed by atoms with E-state index in [1.54, 1.807) is 0 Å². The van der Waals surface area contributed by atoms with Crippen LogP contribution in [0.15, 0.2) is 0 Å². The van der Waals surface area contributed by atoms with Crippen LogP contribution in [-0.4, -0.2) is 50.2 Å². The minimum atomic E-state index is -0.153. The van der Waals surface area contributed by atoms with E-state index >= 15 is 0 Å². The van der Waals surface area contributed by atoms with Crippen molar-refractivity contribution in [2.24, 2.45) is 5.41 Å². The highest BCUT2D eigenvalue weighted by atomic mass is 16.5. The molecule has 0 aromatic carbocycles. The van der Waals surface area contributed by atoms with Crippen LogP contribution >= 0.6 is 0 Å². The van der Waals surface area contributed by atoms with Gasteiger partial charge in [0.25, 0.3) is 0 Å². The largest absolute Gasteiger partial charge is 0.381 e. The molecule has 1 atom stereocenters. The van der Waals surface area contributed by atoms with Crippen molar-refractivity contribution >= 4 is 5.91 Å². The third-order valence-electron chi connectivity index (χ3n) is 4.71. The molecule has 2 aliphatic rings. The lowest BCUT2D eigenvalue weighted by Crippen LogP contribution is -2.54. The van der Waals surface area contributed by atoms with Crippen LogP contribution in [0.1, 0.15) is 45.4 Å². The summed E-state index contributed by atoms with van der Waals surface area (Å²) in [5, 5.41) is 3.43. The summed E-state index contributed by atoms with van der Waals surface area (Å²) >= 11 is 0. The zero-order chi connectivity index (χ0) is 13.7. The van der Waals surface area contributed by atoms with Gasteiger partial charge in [0.15, 0.2) is 0 Å². The maximum Gasteiger partial charge on any atom is 0.230 e. The third kappa shape index (κ3) is 3.29. The molecule has 0 radical (unpaired) electrons. The van der Waals surface area contributed by atoms with Crippen molar-refractivity contribution in [3.05, 3.63) is 0 Å². The van der Waals surface area contributed by atoms with Crippen LogP contribution in [0.2, 0.25) is 0 Å². The summed E-state index contributed by atoms with van der Waals surface area (Å²) in [6.07, 6.45) is 6.21. The minimum Gasteiger partial charge on any atom is -0.381 e. The van der Waals surface area contributed by atoms with Gasteiger partial charge in [-0.2, -0.15) is 0 Å². The van der Waals surface area contributed by atoms with Gasteiger partial charge >= 0.3 is 0 Å². The number of nitrogens with zero attached hydrogens (tertiary/aromatic N) is 1. The lowest BCUT2D eigenvalue weighted by atomic mass is 9.75. The number of rotatable bonds is 4. The summed E-state index contributed by atoms with van der Waals surface area (Å²) < 4.78 is 5.40. The maximum absolute atomic E-state index is 13.0. The van der Waals surface area contributed by atoms with Crippen molar-refractivity contribution in [2.75, 3.05) is 33.4 Å². The third-order valence-corrected chi connectivity index (χ3v) is 4.71. The van der Waals surface area contributed by atoms with Crippen molar-refractivity contribution in [3.63, 3.8) is 0 Å². The number of amides is 1. The summed E-state index contributed by atoms with van der Waals surface area (Å²) in [6.45, 7) is 5.67. The Labute approximate surface area is 116 Å². The van der Waals surface area contributed by atoms with Crippen molar-refractivity contribution in [2.45, 2.75) is 51.5 Å². The van der Waals surface area contributed by atoms with Crippen molar-refractivity contribution in [1.82, 2.24) is 10.2 Å². The van der Waals surface area contributed by atoms with Gasteiger partial charge in [0.1, 0.15) is 0 Å². The standard InChI is InChI=1S/C15H28N2O2/c1-3-7-15(8-4-9-16-12-15)14(18)17(2)13-5-10-19-11-6-13/h13,16H,3-12H2,1-2H3. The summed E-state index contributed by atoms with van der Waals surface area (Å²) in [5.41, 5.74) is -0.153. The maximum atomic E-state index is 13.0. The summed E-state index contributed by atoms with van der Waals surface area (Å²) in [4.78, 5) is 15.0. The molecule has 2 rings (SSSR count). The van der Waals surface area contributed by atoms with Crippen molar-refractivity contribution in [1.29, 1.82) is 0 Å². The van der Waals surface area contributed by atoms with E-state index in [0.717, 1.165) is 64.8 Å². The number of nitrogens with one attached hydrogen (secondary N) is 1. The van der Waals surface area contributed by atoms with Crippen LogP contribution in [0, 0.1) is 5.41 Å². The predicted molar refractivity (Wildman–Crippen MR) is 76.1 cm³/mol. The Bertz CT molecular complexity index is 289. The van der Waals surface area contributed by atoms with Gasteiger partial charge in [-0.3, -0.25) is 4.79 Å². The number of hydrogen-bond donors (Lipinski definition) is 1. The van der Waals surface area contributed by atoms with E-state index in [9.17, 15) is 4.79 Å². The van der Waals surface area contributed by atoms with E-state index in [0.29, 0.717) is 11.9 Å². The zero-order valence-corrected chi connectivity index (χ0v) is 12.4. The first kappa shape index (κ1) is 14.8. The molecule has 0 aromatic rings. The van der Waals surface area contributed by atoms with E-state index in [1.165, 1.54) is 0 Å². The molecule has 4 nitrogen and oxygen atoms in total. The van der Waals surface area contributed by atoms with E-state index in [2.05, 4.69) is 12.2 Å². The number of ether oxygens (including phenoxy) is 1. The fraction of sp³-hybridized carbons (Fsp3) is 0.933. The van der Waals surface area contributed by atoms with Gasteiger partial charge < -0.3 is 15.0 Å². The summed E-state index contributed by atoms with van der Waals surface area (Å²) in [5.74, 6) is 0.355. The fourth-order valence-corrected chi connectivity index (χ4v) is 3.56. The molecule has 1 amide bonds. The van der Waals surface area contributed by atoms with E-state index in [1.807, 2.05) is 11.9 Å². The molecule has 1 unspecified atom stereocenters. The quantitative estimate of drug-likeness (QED) is 0.845. The van der Waals surface area contributed by atoms with E-state index < -0.39 is 0 Å². The van der Waals surface area contributed by atoms with Gasteiger partial charge in [-0.1, -0.05) is 13.3 Å². The number of hydrogen-bond acceptors (Lipinski definition) is 3. The van der Waals surface area contributed by atoms with Crippen LogP contribution in [0.5, 0.6) is 0 Å². The number of carbonyl (C=O) groups excluding carboxylic acids is 1. The molecule has 2 fully saturated rings. The second-order valence-electron chi connectivity index (χ2n) is 6.07. The molecule has 0 spiro atoms. The molecule has 19 heavy (non-hydrogen) atoms. The van der Waals surface area contributed by atoms with Gasteiger partial charge in [0, 0.05) is 32.8 Å². The Morgan fingerprint density at radius 1 is 1.42 bits per heavy atom. The Balaban J connectivity index is 2.05. The topological polar surface area (TPSA) is 41.6 Å². The van der Waals surface area contributed by atoms with Crippen molar-refractivity contribution in [3.8, 4) is 0 Å². The van der Waals surface area contributed by atoms with Crippen LogP contribution < -0.4 is 5.32 Å². The molecular weight excluding hydrogens is 240 g/mol. The van der Waals surface area contributed by atoms with E-state index in [4.69, 9.17) is 4.74 Å². The van der Waals surface area contributed by atoms with Crippen LogP contribution in [0.4, 0.5) is 0 Å². The first-order valence-corrected chi connectivity index (χ1v) is 7.75. The molecule has 0 bridgehead atoms. The molecule has 110 valence electrons. The zero-order valence-electron chi connectivity index (χ0n) is 12.4. The van der Waals surface area contributed by atoms with Gasteiger partial charge in [-0.15, -0.1) is 0 Å². The van der Waals surface area contributed by atoms with Crippen LogP contribution in [-0.2, 0) is 9.53 Å². The van der Waals surface area contributed by atoms with E-state index in [-0.39, 0.29) is 5.41 Å². The first-order valence-electron chi connectivity index (χ1n) is 7.75. The Kier molecular flexibility index (Phi) is 5.22. The van der Waals surface area contributed by atoms with Crippen molar-refractivity contribution < 1.29 is 9.53 Å². The summed E-state index contributed by atoms with van der Waals surface area (Å²) in [7, 11) is 1.99. The molecule has 0 aromatic heterocycles. The average Bonchev–Trinajstić information content (AvgIpc) is 2.48. The molecule has 2 aliphatic heterocycles. The number of piperidine rings is 1. The molecule has 0 aliphatic carbocycles. The lowest BCUT2D eigenvalue weighted by Gasteiger charge is -2.42. The average molecular weight is 268 g/mol. The smallest absolute Gasteiger partial charge is 0.230 e. The highest BCUT2D eigenvalue weighted by molar-refractivity contribution is 5.83. The Morgan fingerprint density at radius 2 is 2.16 bits per heavy atom. The Morgan fingerprint density at radius 3 is 2.74 bits per heavy atom. The van der Waals surface area contributed by atoms with Gasteiger partial charge in [-0.25, -0.2) is 0 Å². The molecule has 1 N–H and O–H groups in total. The molecule has 2 saturated heterocycles. The highest BCUT2D eigenvalue weighted by Gasteiger charge is 2.41. The Hall–Kier alpha value is -0.610.